The lowest BCUT2D eigenvalue weighted by Crippen LogP contribution is -2.33. The maximum absolute atomic E-state index is 14.4. The smallest absolute Gasteiger partial charge is 0.254 e. The summed E-state index contributed by atoms with van der Waals surface area (Å²) in [6, 6.07) is 5.46. The van der Waals surface area contributed by atoms with Gasteiger partial charge in [-0.15, -0.1) is 0 Å². The summed E-state index contributed by atoms with van der Waals surface area (Å²) in [5.74, 6) is -3.36. The van der Waals surface area contributed by atoms with Crippen molar-refractivity contribution in [3.05, 3.63) is 53.4 Å². The van der Waals surface area contributed by atoms with Crippen LogP contribution in [0.25, 0.3) is 0 Å². The number of hydrogen-bond donors (Lipinski definition) is 3. The number of nitrogens with one attached hydrogen (secondary N) is 1. The average Bonchev–Trinajstić information content (AvgIpc) is 3.07. The predicted octanol–water partition coefficient (Wildman–Crippen LogP) is 3.07. The van der Waals surface area contributed by atoms with Gasteiger partial charge in [-0.2, -0.15) is 4.39 Å². The number of hydrogen-bond acceptors (Lipinski definition) is 6. The van der Waals surface area contributed by atoms with Crippen molar-refractivity contribution >= 4 is 11.6 Å². The molecule has 2 heterocycles. The monoisotopic (exact) mass is 436 g/mol. The van der Waals surface area contributed by atoms with E-state index in [0.717, 1.165) is 6.07 Å². The van der Waals surface area contributed by atoms with Crippen molar-refractivity contribution in [2.75, 3.05) is 18.5 Å². The predicted molar refractivity (Wildman–Crippen MR) is 109 cm³/mol. The molecular weight excluding hydrogens is 410 g/mol. The molecule has 0 radical (unpaired) electrons. The van der Waals surface area contributed by atoms with Crippen LogP contribution in [0.2, 0.25) is 0 Å². The molecule has 7 nitrogen and oxygen atoms in total. The molecule has 168 valence electrons. The Morgan fingerprint density at radius 1 is 1.35 bits per heavy atom. The third kappa shape index (κ3) is 5.00. The van der Waals surface area contributed by atoms with Gasteiger partial charge in [0.1, 0.15) is 12.2 Å². The van der Waals surface area contributed by atoms with Crippen molar-refractivity contribution in [2.24, 2.45) is 0 Å². The highest BCUT2D eigenvalue weighted by atomic mass is 19.2. The topological polar surface area (TPSA) is 101 Å². The standard InChI is InChI=1S/C22H26F2N2O5/c1-4-30-19-13(6-7-15(23)18(19)24)14-9-22(2,3)31-20(14)21(29)26-12-5-8-16(25-10-12)17(28)11-27/h5-8,10,14,17,20,27-28H,4,9,11H2,1-3H3,(H,26,29)/t14-,17-,20+/m1/s1. The van der Waals surface area contributed by atoms with E-state index in [1.165, 1.54) is 24.4 Å². The number of carbonyl (C=O) groups excluding carboxylic acids is 1. The molecule has 0 unspecified atom stereocenters. The van der Waals surface area contributed by atoms with Gasteiger partial charge in [0, 0.05) is 11.5 Å². The second-order valence-electron chi connectivity index (χ2n) is 7.98. The van der Waals surface area contributed by atoms with Crippen LogP contribution in [0.15, 0.2) is 30.5 Å². The zero-order valence-corrected chi connectivity index (χ0v) is 17.6. The number of aliphatic hydroxyl groups is 2. The zero-order chi connectivity index (χ0) is 22.8. The Balaban J connectivity index is 1.87. The average molecular weight is 436 g/mol. The number of benzene rings is 1. The van der Waals surface area contributed by atoms with Crippen LogP contribution in [0.5, 0.6) is 5.75 Å². The van der Waals surface area contributed by atoms with Gasteiger partial charge in [-0.1, -0.05) is 6.07 Å². The molecule has 1 saturated heterocycles. The fraction of sp³-hybridized carbons (Fsp3) is 0.455. The lowest BCUT2D eigenvalue weighted by molar-refractivity contribution is -0.130. The molecule has 0 saturated carbocycles. The number of ether oxygens (including phenoxy) is 2. The maximum Gasteiger partial charge on any atom is 0.254 e. The van der Waals surface area contributed by atoms with E-state index in [-0.39, 0.29) is 18.1 Å². The van der Waals surface area contributed by atoms with E-state index in [2.05, 4.69) is 10.3 Å². The molecule has 1 fully saturated rings. The molecular formula is C22H26F2N2O5. The number of nitrogens with zero attached hydrogens (tertiary/aromatic N) is 1. The molecule has 0 aliphatic carbocycles. The number of aromatic nitrogens is 1. The quantitative estimate of drug-likeness (QED) is 0.617. The number of amides is 1. The molecule has 1 aromatic carbocycles. The summed E-state index contributed by atoms with van der Waals surface area (Å²) in [5, 5.41) is 21.3. The van der Waals surface area contributed by atoms with E-state index in [4.69, 9.17) is 14.6 Å². The third-order valence-corrected chi connectivity index (χ3v) is 5.12. The number of aliphatic hydroxyl groups excluding tert-OH is 2. The van der Waals surface area contributed by atoms with Crippen LogP contribution in [0, 0.1) is 11.6 Å². The van der Waals surface area contributed by atoms with Crippen molar-refractivity contribution in [1.82, 2.24) is 4.98 Å². The van der Waals surface area contributed by atoms with Crippen molar-refractivity contribution < 1.29 is 33.3 Å². The summed E-state index contributed by atoms with van der Waals surface area (Å²) < 4.78 is 39.5. The van der Waals surface area contributed by atoms with Gasteiger partial charge in [0.2, 0.25) is 5.82 Å². The highest BCUT2D eigenvalue weighted by Crippen LogP contribution is 2.45. The minimum atomic E-state index is -1.11. The first-order valence-electron chi connectivity index (χ1n) is 10.0. The van der Waals surface area contributed by atoms with E-state index in [0.29, 0.717) is 17.7 Å². The molecule has 0 spiro atoms. The van der Waals surface area contributed by atoms with Gasteiger partial charge in [-0.3, -0.25) is 9.78 Å². The highest BCUT2D eigenvalue weighted by Gasteiger charge is 2.46. The molecule has 1 aliphatic rings. The highest BCUT2D eigenvalue weighted by molar-refractivity contribution is 5.95. The van der Waals surface area contributed by atoms with Crippen molar-refractivity contribution in [3.8, 4) is 5.75 Å². The number of rotatable bonds is 7. The van der Waals surface area contributed by atoms with Gasteiger partial charge in [0.15, 0.2) is 11.6 Å². The number of pyridine rings is 1. The van der Waals surface area contributed by atoms with Gasteiger partial charge in [-0.25, -0.2) is 4.39 Å². The van der Waals surface area contributed by atoms with Crippen molar-refractivity contribution in [3.63, 3.8) is 0 Å². The SMILES string of the molecule is CCOc1c([C@H]2CC(C)(C)O[C@@H]2C(=O)Nc2ccc([C@H](O)CO)nc2)ccc(F)c1F. The van der Waals surface area contributed by atoms with Crippen molar-refractivity contribution in [2.45, 2.75) is 50.9 Å². The van der Waals surface area contributed by atoms with Crippen molar-refractivity contribution in [1.29, 1.82) is 0 Å². The Bertz CT molecular complexity index is 936. The lowest BCUT2D eigenvalue weighted by atomic mass is 9.86. The summed E-state index contributed by atoms with van der Waals surface area (Å²) in [6.45, 7) is 4.97. The summed E-state index contributed by atoms with van der Waals surface area (Å²) in [7, 11) is 0. The minimum absolute atomic E-state index is 0.138. The van der Waals surface area contributed by atoms with Crippen LogP contribution in [-0.2, 0) is 9.53 Å². The van der Waals surface area contributed by atoms with Gasteiger partial charge >= 0.3 is 0 Å². The van der Waals surface area contributed by atoms with Crippen LogP contribution in [0.3, 0.4) is 0 Å². The normalized spacial score (nSPS) is 21.0. The second-order valence-corrected chi connectivity index (χ2v) is 7.98. The van der Waals surface area contributed by atoms with Gasteiger partial charge in [-0.05, 0) is 45.4 Å². The Labute approximate surface area is 179 Å². The second kappa shape index (κ2) is 9.25. The first-order valence-corrected chi connectivity index (χ1v) is 10.0. The summed E-state index contributed by atoms with van der Waals surface area (Å²) >= 11 is 0. The summed E-state index contributed by atoms with van der Waals surface area (Å²) in [5.41, 5.74) is 0.320. The molecule has 0 bridgehead atoms. The van der Waals surface area contributed by atoms with Crippen LogP contribution >= 0.6 is 0 Å². The van der Waals surface area contributed by atoms with E-state index in [1.807, 2.05) is 13.8 Å². The number of carbonyl (C=O) groups is 1. The molecule has 1 aliphatic heterocycles. The molecule has 9 heteroatoms. The van der Waals surface area contributed by atoms with E-state index >= 15 is 0 Å². The number of anilines is 1. The molecule has 31 heavy (non-hydrogen) atoms. The molecule has 2 aromatic rings. The number of halogens is 2. The van der Waals surface area contributed by atoms with Gasteiger partial charge in [0.25, 0.3) is 5.91 Å². The van der Waals surface area contributed by atoms with Crippen LogP contribution in [0.4, 0.5) is 14.5 Å². The Hall–Kier alpha value is -2.62. The van der Waals surface area contributed by atoms with E-state index in [9.17, 15) is 18.7 Å². The maximum atomic E-state index is 14.4. The van der Waals surface area contributed by atoms with E-state index < -0.39 is 47.9 Å². The first kappa shape index (κ1) is 23.1. The zero-order valence-electron chi connectivity index (χ0n) is 17.6. The minimum Gasteiger partial charge on any atom is -0.490 e. The fourth-order valence-corrected chi connectivity index (χ4v) is 3.73. The first-order chi connectivity index (χ1) is 14.7. The summed E-state index contributed by atoms with van der Waals surface area (Å²) in [4.78, 5) is 17.0. The molecule has 3 atom stereocenters. The van der Waals surface area contributed by atoms with E-state index in [1.54, 1.807) is 6.92 Å². The van der Waals surface area contributed by atoms with Crippen LogP contribution in [-0.4, -0.2) is 46.0 Å². The Kier molecular flexibility index (Phi) is 6.88. The van der Waals surface area contributed by atoms with Gasteiger partial charge in [0.05, 0.1) is 36.4 Å². The molecule has 3 N–H and O–H groups in total. The Morgan fingerprint density at radius 3 is 2.71 bits per heavy atom. The molecule has 1 aromatic heterocycles. The van der Waals surface area contributed by atoms with Crippen LogP contribution < -0.4 is 10.1 Å². The molecule has 3 rings (SSSR count). The van der Waals surface area contributed by atoms with Gasteiger partial charge < -0.3 is 25.0 Å². The third-order valence-electron chi connectivity index (χ3n) is 5.12. The summed E-state index contributed by atoms with van der Waals surface area (Å²) in [6.07, 6.45) is -0.333. The lowest BCUT2D eigenvalue weighted by Gasteiger charge is -2.21. The van der Waals surface area contributed by atoms with Crippen LogP contribution in [0.1, 0.15) is 50.5 Å². The Morgan fingerprint density at radius 2 is 2.10 bits per heavy atom. The largest absolute Gasteiger partial charge is 0.490 e. The molecule has 1 amide bonds. The fourth-order valence-electron chi connectivity index (χ4n) is 3.73.